The number of nitrogens with two attached hydrogens (primary N) is 1. The number of nitrogens with zero attached hydrogens (tertiary/aromatic N) is 1. The summed E-state index contributed by atoms with van der Waals surface area (Å²) in [5.74, 6) is 6.09. The molecule has 2 unspecified atom stereocenters. The summed E-state index contributed by atoms with van der Waals surface area (Å²) in [5.41, 5.74) is 3.58. The molecule has 1 aliphatic rings. The van der Waals surface area contributed by atoms with Crippen molar-refractivity contribution in [1.82, 2.24) is 5.43 Å². The number of ether oxygens (including phenoxy) is 1. The molecule has 0 amide bonds. The summed E-state index contributed by atoms with van der Waals surface area (Å²) >= 11 is 0. The van der Waals surface area contributed by atoms with Crippen LogP contribution in [-0.2, 0) is 4.74 Å². The average molecular weight is 248 g/mol. The number of guanidine groups is 1. The highest BCUT2D eigenvalue weighted by molar-refractivity contribution is 5.93. The van der Waals surface area contributed by atoms with Crippen molar-refractivity contribution >= 4 is 11.6 Å². The van der Waals surface area contributed by atoms with Gasteiger partial charge in [0.15, 0.2) is 0 Å². The van der Waals surface area contributed by atoms with Crippen LogP contribution in [0.4, 0.5) is 5.69 Å². The van der Waals surface area contributed by atoms with Gasteiger partial charge >= 0.3 is 0 Å². The first-order valence-electron chi connectivity index (χ1n) is 6.21. The lowest BCUT2D eigenvalue weighted by Crippen LogP contribution is -2.37. The van der Waals surface area contributed by atoms with Gasteiger partial charge in [0.25, 0.3) is 0 Å². The third kappa shape index (κ3) is 3.45. The van der Waals surface area contributed by atoms with Crippen molar-refractivity contribution in [3.05, 3.63) is 30.3 Å². The fourth-order valence-corrected chi connectivity index (χ4v) is 2.20. The third-order valence-corrected chi connectivity index (χ3v) is 3.18. The maximum atomic E-state index is 5.49. The average Bonchev–Trinajstić information content (AvgIpc) is 2.87. The molecular formula is C13H20N4O. The van der Waals surface area contributed by atoms with Crippen molar-refractivity contribution in [3.8, 4) is 0 Å². The maximum Gasteiger partial charge on any atom is 0.210 e. The highest BCUT2D eigenvalue weighted by Crippen LogP contribution is 2.24. The van der Waals surface area contributed by atoms with Gasteiger partial charge in [-0.15, -0.1) is 0 Å². The smallest absolute Gasteiger partial charge is 0.210 e. The summed E-state index contributed by atoms with van der Waals surface area (Å²) in [6.45, 7) is 0. The fraction of sp³-hybridized carbons (Fsp3) is 0.462. The molecule has 0 bridgehead atoms. The van der Waals surface area contributed by atoms with E-state index in [0.29, 0.717) is 12.1 Å². The molecule has 0 aromatic heterocycles. The van der Waals surface area contributed by atoms with E-state index in [1.807, 2.05) is 30.3 Å². The minimum absolute atomic E-state index is 0.275. The van der Waals surface area contributed by atoms with Crippen molar-refractivity contribution in [2.75, 3.05) is 12.4 Å². The standard InChI is InChI=1S/C13H20N4O/c1-18-12-8-7-11(9-12)16-13(17-14)15-10-5-3-2-4-6-10/h2-6,11-12H,7-9,14H2,1H3,(H2,15,16,17). The molecule has 1 aliphatic carbocycles. The number of anilines is 1. The van der Waals surface area contributed by atoms with Gasteiger partial charge in [-0.2, -0.15) is 0 Å². The number of hydrazine groups is 1. The van der Waals surface area contributed by atoms with Crippen LogP contribution in [0.2, 0.25) is 0 Å². The summed E-state index contributed by atoms with van der Waals surface area (Å²) < 4.78 is 5.33. The van der Waals surface area contributed by atoms with Gasteiger partial charge in [-0.3, -0.25) is 5.43 Å². The Labute approximate surface area is 107 Å². The second kappa shape index (κ2) is 6.37. The lowest BCUT2D eigenvalue weighted by atomic mass is 10.2. The van der Waals surface area contributed by atoms with Crippen LogP contribution >= 0.6 is 0 Å². The Balaban J connectivity index is 1.96. The number of nitrogens with one attached hydrogen (secondary N) is 2. The van der Waals surface area contributed by atoms with Gasteiger partial charge < -0.3 is 10.1 Å². The van der Waals surface area contributed by atoms with E-state index in [1.165, 1.54) is 0 Å². The number of rotatable bonds is 3. The Kier molecular flexibility index (Phi) is 4.55. The molecule has 1 aromatic rings. The summed E-state index contributed by atoms with van der Waals surface area (Å²) in [4.78, 5) is 4.58. The SMILES string of the molecule is COC1CCC(N=C(NN)Nc2ccccc2)C1. The van der Waals surface area contributed by atoms with Gasteiger partial charge in [0, 0.05) is 12.8 Å². The van der Waals surface area contributed by atoms with Gasteiger partial charge in [-0.05, 0) is 31.4 Å². The summed E-state index contributed by atoms with van der Waals surface area (Å²) in [7, 11) is 1.75. The zero-order valence-corrected chi connectivity index (χ0v) is 10.6. The molecule has 18 heavy (non-hydrogen) atoms. The molecule has 0 heterocycles. The number of hydrogen-bond acceptors (Lipinski definition) is 3. The third-order valence-electron chi connectivity index (χ3n) is 3.18. The van der Waals surface area contributed by atoms with E-state index in [1.54, 1.807) is 7.11 Å². The molecule has 5 heteroatoms. The van der Waals surface area contributed by atoms with Crippen LogP contribution in [0, 0.1) is 0 Å². The maximum absolute atomic E-state index is 5.49. The van der Waals surface area contributed by atoms with Crippen molar-refractivity contribution < 1.29 is 4.74 Å². The van der Waals surface area contributed by atoms with Crippen LogP contribution in [0.5, 0.6) is 0 Å². The summed E-state index contributed by atoms with van der Waals surface area (Å²) in [5, 5.41) is 3.16. The second-order valence-corrected chi connectivity index (χ2v) is 4.44. The topological polar surface area (TPSA) is 71.7 Å². The fourth-order valence-electron chi connectivity index (χ4n) is 2.20. The highest BCUT2D eigenvalue weighted by Gasteiger charge is 2.24. The van der Waals surface area contributed by atoms with Crippen molar-refractivity contribution in [2.24, 2.45) is 10.8 Å². The van der Waals surface area contributed by atoms with Crippen LogP contribution in [0.15, 0.2) is 35.3 Å². The monoisotopic (exact) mass is 248 g/mol. The van der Waals surface area contributed by atoms with Crippen LogP contribution in [0.3, 0.4) is 0 Å². The first-order chi connectivity index (χ1) is 8.81. The second-order valence-electron chi connectivity index (χ2n) is 4.44. The van der Waals surface area contributed by atoms with Crippen LogP contribution < -0.4 is 16.6 Å². The van der Waals surface area contributed by atoms with E-state index < -0.39 is 0 Å². The van der Waals surface area contributed by atoms with Gasteiger partial charge in [0.2, 0.25) is 5.96 Å². The van der Waals surface area contributed by atoms with Gasteiger partial charge in [-0.1, -0.05) is 18.2 Å². The van der Waals surface area contributed by atoms with E-state index >= 15 is 0 Å². The van der Waals surface area contributed by atoms with Crippen molar-refractivity contribution in [1.29, 1.82) is 0 Å². The van der Waals surface area contributed by atoms with E-state index in [9.17, 15) is 0 Å². The predicted octanol–water partition coefficient (Wildman–Crippen LogP) is 1.49. The Morgan fingerprint density at radius 3 is 2.72 bits per heavy atom. The summed E-state index contributed by atoms with van der Waals surface area (Å²) in [6.07, 6.45) is 3.39. The molecule has 0 radical (unpaired) electrons. The largest absolute Gasteiger partial charge is 0.381 e. The molecule has 0 spiro atoms. The minimum atomic E-state index is 0.275. The zero-order valence-electron chi connectivity index (χ0n) is 10.6. The molecule has 4 N–H and O–H groups in total. The number of para-hydroxylation sites is 1. The predicted molar refractivity (Wildman–Crippen MR) is 73.3 cm³/mol. The van der Waals surface area contributed by atoms with Gasteiger partial charge in [0.05, 0.1) is 12.1 Å². The Hall–Kier alpha value is -1.59. The normalized spacial score (nSPS) is 24.0. The van der Waals surface area contributed by atoms with Crippen LogP contribution in [0.25, 0.3) is 0 Å². The van der Waals surface area contributed by atoms with Crippen molar-refractivity contribution in [2.45, 2.75) is 31.4 Å². The van der Waals surface area contributed by atoms with E-state index in [-0.39, 0.29) is 6.04 Å². The highest BCUT2D eigenvalue weighted by atomic mass is 16.5. The van der Waals surface area contributed by atoms with Gasteiger partial charge in [-0.25, -0.2) is 10.8 Å². The molecule has 0 saturated heterocycles. The van der Waals surface area contributed by atoms with Crippen LogP contribution in [0.1, 0.15) is 19.3 Å². The first kappa shape index (κ1) is 12.9. The molecule has 1 fully saturated rings. The van der Waals surface area contributed by atoms with Crippen molar-refractivity contribution in [3.63, 3.8) is 0 Å². The number of methoxy groups -OCH3 is 1. The van der Waals surface area contributed by atoms with Crippen LogP contribution in [-0.4, -0.2) is 25.2 Å². The molecule has 2 rings (SSSR count). The molecule has 0 aliphatic heterocycles. The lowest BCUT2D eigenvalue weighted by Gasteiger charge is -2.12. The Morgan fingerprint density at radius 2 is 2.11 bits per heavy atom. The number of hydrogen-bond donors (Lipinski definition) is 3. The van der Waals surface area contributed by atoms with E-state index in [0.717, 1.165) is 24.9 Å². The molecule has 1 saturated carbocycles. The minimum Gasteiger partial charge on any atom is -0.381 e. The molecule has 5 nitrogen and oxygen atoms in total. The van der Waals surface area contributed by atoms with Gasteiger partial charge in [0.1, 0.15) is 0 Å². The molecule has 2 atom stereocenters. The molecule has 1 aromatic carbocycles. The zero-order chi connectivity index (χ0) is 12.8. The van der Waals surface area contributed by atoms with E-state index in [2.05, 4.69) is 15.7 Å². The lowest BCUT2D eigenvalue weighted by molar-refractivity contribution is 0.108. The molecule has 98 valence electrons. The summed E-state index contributed by atoms with van der Waals surface area (Å²) in [6, 6.07) is 10.1. The number of benzene rings is 1. The first-order valence-corrected chi connectivity index (χ1v) is 6.21. The quantitative estimate of drug-likeness (QED) is 0.328. The molecular weight excluding hydrogens is 228 g/mol. The Morgan fingerprint density at radius 1 is 1.33 bits per heavy atom. The number of aliphatic imine (C=N–C) groups is 1. The Bertz CT molecular complexity index is 393. The van der Waals surface area contributed by atoms with E-state index in [4.69, 9.17) is 10.6 Å².